The van der Waals surface area contributed by atoms with E-state index in [9.17, 15) is 4.79 Å². The van der Waals surface area contributed by atoms with Gasteiger partial charge in [0.15, 0.2) is 0 Å². The fourth-order valence-corrected chi connectivity index (χ4v) is 1.61. The van der Waals surface area contributed by atoms with Crippen LogP contribution in [-0.2, 0) is 4.79 Å². The fraction of sp³-hybridized carbons (Fsp3) is 0.750. The maximum absolute atomic E-state index is 11.7. The number of carbonyl (C=O) groups is 1. The van der Waals surface area contributed by atoms with E-state index >= 15 is 0 Å². The Labute approximate surface area is 87.8 Å². The van der Waals surface area contributed by atoms with Crippen LogP contribution >= 0.6 is 0 Å². The second-order valence-electron chi connectivity index (χ2n) is 3.63. The molecular formula is C12H23NO. The van der Waals surface area contributed by atoms with Gasteiger partial charge in [0.1, 0.15) is 0 Å². The SMILES string of the molecule is CCC/C=C/C(CC)(CC)C(=O)NC. The van der Waals surface area contributed by atoms with E-state index < -0.39 is 0 Å². The molecule has 0 aromatic heterocycles. The Hall–Kier alpha value is -0.790. The summed E-state index contributed by atoms with van der Waals surface area (Å²) < 4.78 is 0. The van der Waals surface area contributed by atoms with Crippen molar-refractivity contribution in [1.29, 1.82) is 0 Å². The molecule has 0 aromatic rings. The van der Waals surface area contributed by atoms with Gasteiger partial charge in [-0.05, 0) is 19.3 Å². The second-order valence-corrected chi connectivity index (χ2v) is 3.63. The highest BCUT2D eigenvalue weighted by Crippen LogP contribution is 2.28. The summed E-state index contributed by atoms with van der Waals surface area (Å²) in [5.41, 5.74) is -0.288. The highest BCUT2D eigenvalue weighted by Gasteiger charge is 2.30. The van der Waals surface area contributed by atoms with E-state index in [0.29, 0.717) is 0 Å². The third kappa shape index (κ3) is 3.17. The molecule has 0 aliphatic heterocycles. The average molecular weight is 197 g/mol. The summed E-state index contributed by atoms with van der Waals surface area (Å²) in [7, 11) is 1.70. The predicted molar refractivity (Wildman–Crippen MR) is 61.1 cm³/mol. The standard InChI is InChI=1S/C12H23NO/c1-5-8-9-10-12(6-2,7-3)11(14)13-4/h9-10H,5-8H2,1-4H3,(H,13,14)/b10-9+. The number of rotatable bonds is 6. The molecule has 0 atom stereocenters. The highest BCUT2D eigenvalue weighted by molar-refractivity contribution is 5.84. The van der Waals surface area contributed by atoms with Crippen LogP contribution in [-0.4, -0.2) is 13.0 Å². The van der Waals surface area contributed by atoms with Crippen LogP contribution < -0.4 is 5.32 Å². The topological polar surface area (TPSA) is 29.1 Å². The minimum Gasteiger partial charge on any atom is -0.358 e. The van der Waals surface area contributed by atoms with Gasteiger partial charge in [-0.15, -0.1) is 0 Å². The van der Waals surface area contributed by atoms with Gasteiger partial charge in [0, 0.05) is 7.05 Å². The molecule has 0 aliphatic rings. The van der Waals surface area contributed by atoms with E-state index in [0.717, 1.165) is 25.7 Å². The van der Waals surface area contributed by atoms with Gasteiger partial charge in [0.25, 0.3) is 0 Å². The fourth-order valence-electron chi connectivity index (χ4n) is 1.61. The van der Waals surface area contributed by atoms with E-state index in [1.165, 1.54) is 0 Å². The summed E-state index contributed by atoms with van der Waals surface area (Å²) >= 11 is 0. The molecule has 0 spiro atoms. The normalized spacial score (nSPS) is 12.0. The Morgan fingerprint density at radius 2 is 1.86 bits per heavy atom. The lowest BCUT2D eigenvalue weighted by Crippen LogP contribution is -2.36. The van der Waals surface area contributed by atoms with E-state index in [-0.39, 0.29) is 11.3 Å². The Bertz CT molecular complexity index is 192. The predicted octanol–water partition coefficient (Wildman–Crippen LogP) is 2.90. The zero-order chi connectivity index (χ0) is 11.0. The molecular weight excluding hydrogens is 174 g/mol. The molecule has 0 aromatic carbocycles. The van der Waals surface area contributed by atoms with E-state index in [4.69, 9.17) is 0 Å². The lowest BCUT2D eigenvalue weighted by atomic mass is 9.81. The first kappa shape index (κ1) is 13.2. The molecule has 0 saturated carbocycles. The van der Waals surface area contributed by atoms with Crippen LogP contribution in [0.25, 0.3) is 0 Å². The van der Waals surface area contributed by atoms with Crippen molar-refractivity contribution in [2.75, 3.05) is 7.05 Å². The number of amides is 1. The largest absolute Gasteiger partial charge is 0.358 e. The molecule has 1 amide bonds. The smallest absolute Gasteiger partial charge is 0.229 e. The lowest BCUT2D eigenvalue weighted by molar-refractivity contribution is -0.128. The molecule has 0 saturated heterocycles. The third-order valence-corrected chi connectivity index (χ3v) is 2.83. The lowest BCUT2D eigenvalue weighted by Gasteiger charge is -2.25. The van der Waals surface area contributed by atoms with E-state index in [2.05, 4.69) is 38.2 Å². The third-order valence-electron chi connectivity index (χ3n) is 2.83. The van der Waals surface area contributed by atoms with E-state index in [1.54, 1.807) is 7.05 Å². The molecule has 14 heavy (non-hydrogen) atoms. The van der Waals surface area contributed by atoms with Gasteiger partial charge >= 0.3 is 0 Å². The van der Waals surface area contributed by atoms with Crippen LogP contribution in [0.15, 0.2) is 12.2 Å². The summed E-state index contributed by atoms with van der Waals surface area (Å²) in [6.45, 7) is 6.27. The highest BCUT2D eigenvalue weighted by atomic mass is 16.2. The first-order chi connectivity index (χ1) is 6.66. The minimum absolute atomic E-state index is 0.134. The number of hydrogen-bond acceptors (Lipinski definition) is 1. The quantitative estimate of drug-likeness (QED) is 0.652. The zero-order valence-electron chi connectivity index (χ0n) is 9.89. The Balaban J connectivity index is 4.61. The van der Waals surface area contributed by atoms with Crippen molar-refractivity contribution in [2.24, 2.45) is 5.41 Å². The number of hydrogen-bond donors (Lipinski definition) is 1. The van der Waals surface area contributed by atoms with Gasteiger partial charge in [-0.2, -0.15) is 0 Å². The van der Waals surface area contributed by atoms with Crippen molar-refractivity contribution in [3.63, 3.8) is 0 Å². The molecule has 0 heterocycles. The van der Waals surface area contributed by atoms with Gasteiger partial charge in [0.05, 0.1) is 5.41 Å². The van der Waals surface area contributed by atoms with Crippen molar-refractivity contribution < 1.29 is 4.79 Å². The van der Waals surface area contributed by atoms with Gasteiger partial charge in [-0.1, -0.05) is 39.3 Å². The molecule has 2 heteroatoms. The van der Waals surface area contributed by atoms with Crippen molar-refractivity contribution in [1.82, 2.24) is 5.32 Å². The minimum atomic E-state index is -0.288. The number of nitrogens with one attached hydrogen (secondary N) is 1. The summed E-state index contributed by atoms with van der Waals surface area (Å²) in [6.07, 6.45) is 8.12. The van der Waals surface area contributed by atoms with Crippen LogP contribution in [0.3, 0.4) is 0 Å². The summed E-state index contributed by atoms with van der Waals surface area (Å²) in [5, 5.41) is 2.74. The summed E-state index contributed by atoms with van der Waals surface area (Å²) in [4.78, 5) is 11.7. The summed E-state index contributed by atoms with van der Waals surface area (Å²) in [5.74, 6) is 0.134. The maximum Gasteiger partial charge on any atom is 0.229 e. The van der Waals surface area contributed by atoms with Crippen LogP contribution in [0.2, 0.25) is 0 Å². The molecule has 82 valence electrons. The first-order valence-corrected chi connectivity index (χ1v) is 5.56. The number of carbonyl (C=O) groups excluding carboxylic acids is 1. The first-order valence-electron chi connectivity index (χ1n) is 5.56. The van der Waals surface area contributed by atoms with Gasteiger partial charge < -0.3 is 5.32 Å². The van der Waals surface area contributed by atoms with Gasteiger partial charge in [-0.25, -0.2) is 0 Å². The second kappa shape index (κ2) is 6.63. The molecule has 0 radical (unpaired) electrons. The molecule has 0 fully saturated rings. The maximum atomic E-state index is 11.7. The van der Waals surface area contributed by atoms with Crippen LogP contribution in [0, 0.1) is 5.41 Å². The average Bonchev–Trinajstić information content (AvgIpc) is 2.24. The van der Waals surface area contributed by atoms with Crippen molar-refractivity contribution in [2.45, 2.75) is 46.5 Å². The number of unbranched alkanes of at least 4 members (excludes halogenated alkanes) is 1. The monoisotopic (exact) mass is 197 g/mol. The molecule has 0 aliphatic carbocycles. The zero-order valence-corrected chi connectivity index (χ0v) is 9.89. The summed E-state index contributed by atoms with van der Waals surface area (Å²) in [6, 6.07) is 0. The Morgan fingerprint density at radius 1 is 1.29 bits per heavy atom. The number of allylic oxidation sites excluding steroid dienone is 1. The molecule has 0 bridgehead atoms. The van der Waals surface area contributed by atoms with Crippen LogP contribution in [0.1, 0.15) is 46.5 Å². The van der Waals surface area contributed by atoms with Gasteiger partial charge in [0.2, 0.25) is 5.91 Å². The van der Waals surface area contributed by atoms with Gasteiger partial charge in [-0.3, -0.25) is 4.79 Å². The molecule has 1 N–H and O–H groups in total. The van der Waals surface area contributed by atoms with Crippen LogP contribution in [0.4, 0.5) is 0 Å². The molecule has 0 rings (SSSR count). The van der Waals surface area contributed by atoms with Crippen molar-refractivity contribution in [3.8, 4) is 0 Å². The molecule has 0 unspecified atom stereocenters. The van der Waals surface area contributed by atoms with Crippen molar-refractivity contribution >= 4 is 5.91 Å². The van der Waals surface area contributed by atoms with Crippen molar-refractivity contribution in [3.05, 3.63) is 12.2 Å². The van der Waals surface area contributed by atoms with Crippen LogP contribution in [0.5, 0.6) is 0 Å². The molecule has 2 nitrogen and oxygen atoms in total. The Kier molecular flexibility index (Phi) is 6.26. The Morgan fingerprint density at radius 3 is 2.21 bits per heavy atom. The van der Waals surface area contributed by atoms with E-state index in [1.807, 2.05) is 0 Å².